The molecule has 1 aromatic heterocycles. The van der Waals surface area contributed by atoms with Gasteiger partial charge in [0.15, 0.2) is 17.1 Å². The van der Waals surface area contributed by atoms with E-state index in [0.29, 0.717) is 23.6 Å². The summed E-state index contributed by atoms with van der Waals surface area (Å²) in [6.07, 6.45) is 9.37. The molecule has 0 N–H and O–H groups in total. The quantitative estimate of drug-likeness (QED) is 0.191. The molecule has 0 amide bonds. The van der Waals surface area contributed by atoms with Crippen LogP contribution in [0.3, 0.4) is 0 Å². The molecule has 0 radical (unpaired) electrons. The summed E-state index contributed by atoms with van der Waals surface area (Å²) in [6.45, 7) is 4.61. The third kappa shape index (κ3) is 6.27. The standard InChI is InChI=1S/C30H33F2NO2/c1-3-4-5-6-7-8-9-10-19-34-27-18-16-24(28(31)29(27)32)22-12-14-23(15-13-22)30-33-25-20-21(2)11-17-26(25)35-30/h11-18,20H,3-10,19H2,1-2H3. The second-order valence-corrected chi connectivity index (χ2v) is 9.13. The summed E-state index contributed by atoms with van der Waals surface area (Å²) >= 11 is 0. The van der Waals surface area contributed by atoms with Crippen LogP contribution in [-0.2, 0) is 0 Å². The first kappa shape index (κ1) is 24.9. The molecule has 3 aromatic carbocycles. The molecule has 0 aliphatic carbocycles. The van der Waals surface area contributed by atoms with E-state index in [0.717, 1.165) is 35.9 Å². The monoisotopic (exact) mass is 477 g/mol. The highest BCUT2D eigenvalue weighted by Crippen LogP contribution is 2.32. The van der Waals surface area contributed by atoms with Gasteiger partial charge in [0.1, 0.15) is 5.52 Å². The highest BCUT2D eigenvalue weighted by molar-refractivity contribution is 5.77. The Morgan fingerprint density at radius 1 is 0.771 bits per heavy atom. The Morgan fingerprint density at radius 3 is 2.20 bits per heavy atom. The summed E-state index contributed by atoms with van der Waals surface area (Å²) in [5.74, 6) is -1.38. The van der Waals surface area contributed by atoms with Crippen LogP contribution >= 0.6 is 0 Å². The van der Waals surface area contributed by atoms with Crippen LogP contribution < -0.4 is 4.74 Å². The van der Waals surface area contributed by atoms with E-state index in [4.69, 9.17) is 9.15 Å². The number of halogens is 2. The average molecular weight is 478 g/mol. The van der Waals surface area contributed by atoms with Gasteiger partial charge in [-0.1, -0.05) is 70.1 Å². The summed E-state index contributed by atoms with van der Waals surface area (Å²) in [6, 6.07) is 16.0. The number of oxazole rings is 1. The van der Waals surface area contributed by atoms with Gasteiger partial charge < -0.3 is 9.15 Å². The van der Waals surface area contributed by atoms with Crippen LogP contribution in [0.1, 0.15) is 63.9 Å². The number of rotatable bonds is 12. The van der Waals surface area contributed by atoms with Gasteiger partial charge in [-0.05, 0) is 60.9 Å². The van der Waals surface area contributed by atoms with Gasteiger partial charge in [0.2, 0.25) is 11.7 Å². The molecule has 0 aliphatic heterocycles. The third-order valence-electron chi connectivity index (χ3n) is 6.29. The molecule has 184 valence electrons. The highest BCUT2D eigenvalue weighted by atomic mass is 19.2. The zero-order valence-electron chi connectivity index (χ0n) is 20.6. The van der Waals surface area contributed by atoms with Crippen molar-refractivity contribution in [3.05, 3.63) is 71.8 Å². The molecule has 4 aromatic rings. The van der Waals surface area contributed by atoms with Gasteiger partial charge >= 0.3 is 0 Å². The summed E-state index contributed by atoms with van der Waals surface area (Å²) in [4.78, 5) is 4.54. The molecular formula is C30H33F2NO2. The Bertz CT molecular complexity index is 1250. The van der Waals surface area contributed by atoms with E-state index in [1.165, 1.54) is 38.2 Å². The number of nitrogens with zero attached hydrogens (tertiary/aromatic N) is 1. The Balaban J connectivity index is 1.35. The molecule has 1 heterocycles. The summed E-state index contributed by atoms with van der Waals surface area (Å²) < 4.78 is 40.9. The number of hydrogen-bond acceptors (Lipinski definition) is 3. The second kappa shape index (κ2) is 12.0. The van der Waals surface area contributed by atoms with Crippen molar-refractivity contribution in [2.75, 3.05) is 6.61 Å². The zero-order valence-corrected chi connectivity index (χ0v) is 20.6. The minimum Gasteiger partial charge on any atom is -0.490 e. The lowest BCUT2D eigenvalue weighted by Crippen LogP contribution is -2.01. The van der Waals surface area contributed by atoms with Crippen LogP contribution in [0.2, 0.25) is 0 Å². The van der Waals surface area contributed by atoms with E-state index in [1.54, 1.807) is 30.3 Å². The molecule has 5 heteroatoms. The molecule has 3 nitrogen and oxygen atoms in total. The SMILES string of the molecule is CCCCCCCCCCOc1ccc(-c2ccc(-c3nc4cc(C)ccc4o3)cc2)c(F)c1F. The van der Waals surface area contributed by atoms with Crippen LogP contribution in [0.4, 0.5) is 8.78 Å². The smallest absolute Gasteiger partial charge is 0.227 e. The van der Waals surface area contributed by atoms with Gasteiger partial charge in [0.05, 0.1) is 6.61 Å². The lowest BCUT2D eigenvalue weighted by molar-refractivity contribution is 0.285. The largest absolute Gasteiger partial charge is 0.490 e. The molecule has 0 saturated heterocycles. The molecule has 0 unspecified atom stereocenters. The van der Waals surface area contributed by atoms with Gasteiger partial charge in [0.25, 0.3) is 0 Å². The normalized spacial score (nSPS) is 11.3. The highest BCUT2D eigenvalue weighted by Gasteiger charge is 2.16. The van der Waals surface area contributed by atoms with Crippen molar-refractivity contribution in [3.8, 4) is 28.3 Å². The van der Waals surface area contributed by atoms with Gasteiger partial charge in [-0.25, -0.2) is 9.37 Å². The third-order valence-corrected chi connectivity index (χ3v) is 6.29. The van der Waals surface area contributed by atoms with Crippen molar-refractivity contribution in [3.63, 3.8) is 0 Å². The van der Waals surface area contributed by atoms with Gasteiger partial charge in [-0.15, -0.1) is 0 Å². The maximum atomic E-state index is 14.8. The van der Waals surface area contributed by atoms with Crippen molar-refractivity contribution < 1.29 is 17.9 Å². The van der Waals surface area contributed by atoms with Crippen molar-refractivity contribution >= 4 is 11.1 Å². The van der Waals surface area contributed by atoms with Gasteiger partial charge in [-0.2, -0.15) is 4.39 Å². The van der Waals surface area contributed by atoms with E-state index in [1.807, 2.05) is 25.1 Å². The number of hydrogen-bond donors (Lipinski definition) is 0. The van der Waals surface area contributed by atoms with E-state index >= 15 is 0 Å². The average Bonchev–Trinajstić information content (AvgIpc) is 3.29. The lowest BCUT2D eigenvalue weighted by atomic mass is 10.0. The van der Waals surface area contributed by atoms with E-state index in [2.05, 4.69) is 11.9 Å². The molecule has 0 saturated carbocycles. The van der Waals surface area contributed by atoms with Gasteiger partial charge in [0, 0.05) is 11.1 Å². The number of unbranched alkanes of at least 4 members (excludes halogenated alkanes) is 7. The summed E-state index contributed by atoms with van der Waals surface area (Å²) in [7, 11) is 0. The van der Waals surface area contributed by atoms with E-state index in [9.17, 15) is 8.78 Å². The molecule has 0 atom stereocenters. The fourth-order valence-electron chi connectivity index (χ4n) is 4.24. The fraction of sp³-hybridized carbons (Fsp3) is 0.367. The number of aryl methyl sites for hydroxylation is 1. The number of benzene rings is 3. The van der Waals surface area contributed by atoms with Crippen molar-refractivity contribution in [1.29, 1.82) is 0 Å². The topological polar surface area (TPSA) is 35.3 Å². The predicted molar refractivity (Wildman–Crippen MR) is 138 cm³/mol. The van der Waals surface area contributed by atoms with Crippen LogP contribution in [0.15, 0.2) is 59.0 Å². The molecule has 35 heavy (non-hydrogen) atoms. The molecular weight excluding hydrogens is 444 g/mol. The first-order valence-electron chi connectivity index (χ1n) is 12.7. The Morgan fingerprint density at radius 2 is 1.46 bits per heavy atom. The Labute approximate surface area is 206 Å². The molecule has 0 spiro atoms. The minimum absolute atomic E-state index is 0.0346. The minimum atomic E-state index is -0.944. The molecule has 0 fully saturated rings. The molecule has 0 aliphatic rings. The van der Waals surface area contributed by atoms with E-state index < -0.39 is 11.6 Å². The zero-order chi connectivity index (χ0) is 24.6. The van der Waals surface area contributed by atoms with Crippen molar-refractivity contribution in [2.24, 2.45) is 0 Å². The molecule has 0 bridgehead atoms. The summed E-state index contributed by atoms with van der Waals surface area (Å²) in [5.41, 5.74) is 4.16. The maximum Gasteiger partial charge on any atom is 0.227 e. The number of ether oxygens (including phenoxy) is 1. The van der Waals surface area contributed by atoms with Crippen LogP contribution in [0.5, 0.6) is 5.75 Å². The first-order valence-corrected chi connectivity index (χ1v) is 12.7. The van der Waals surface area contributed by atoms with Crippen molar-refractivity contribution in [1.82, 2.24) is 4.98 Å². The Hall–Kier alpha value is -3.21. The Kier molecular flexibility index (Phi) is 8.51. The van der Waals surface area contributed by atoms with Crippen molar-refractivity contribution in [2.45, 2.75) is 65.2 Å². The lowest BCUT2D eigenvalue weighted by Gasteiger charge is -2.11. The first-order chi connectivity index (χ1) is 17.1. The fourth-order valence-corrected chi connectivity index (χ4v) is 4.24. The number of aromatic nitrogens is 1. The maximum absolute atomic E-state index is 14.8. The van der Waals surface area contributed by atoms with Gasteiger partial charge in [-0.3, -0.25) is 0 Å². The van der Waals surface area contributed by atoms with Crippen LogP contribution in [-0.4, -0.2) is 11.6 Å². The number of fused-ring (bicyclic) bond motifs is 1. The van der Waals surface area contributed by atoms with E-state index in [-0.39, 0.29) is 11.3 Å². The van der Waals surface area contributed by atoms with Crippen LogP contribution in [0.25, 0.3) is 33.7 Å². The van der Waals surface area contributed by atoms with Crippen LogP contribution in [0, 0.1) is 18.6 Å². The summed E-state index contributed by atoms with van der Waals surface area (Å²) in [5, 5.41) is 0. The second-order valence-electron chi connectivity index (χ2n) is 9.13. The predicted octanol–water partition coefficient (Wildman–Crippen LogP) is 9.27. The molecule has 4 rings (SSSR count).